The van der Waals surface area contributed by atoms with Crippen molar-refractivity contribution in [1.82, 2.24) is 9.97 Å². The van der Waals surface area contributed by atoms with Crippen LogP contribution in [0.15, 0.2) is 91.3 Å². The molecular weight excluding hydrogens is 382 g/mol. The minimum Gasteiger partial charge on any atom is -0.393 e. The highest BCUT2D eigenvalue weighted by molar-refractivity contribution is 5.76. The Kier molecular flexibility index (Phi) is 5.23. The van der Waals surface area contributed by atoms with Crippen molar-refractivity contribution in [2.24, 2.45) is 0 Å². The molecule has 0 unspecified atom stereocenters. The highest BCUT2D eigenvalue weighted by atomic mass is 15.2. The number of rotatable bonds is 5. The second-order valence-electron chi connectivity index (χ2n) is 7.80. The monoisotopic (exact) mass is 407 g/mol. The molecule has 5 rings (SSSR count). The summed E-state index contributed by atoms with van der Waals surface area (Å²) in [6.07, 6.45) is 2.58. The quantitative estimate of drug-likeness (QED) is 0.496. The second-order valence-corrected chi connectivity index (χ2v) is 7.80. The van der Waals surface area contributed by atoms with E-state index in [1.807, 2.05) is 36.4 Å². The molecule has 3 N–H and O–H groups in total. The van der Waals surface area contributed by atoms with Gasteiger partial charge < -0.3 is 16.0 Å². The molecule has 154 valence electrons. The first-order chi connectivity index (χ1) is 15.3. The van der Waals surface area contributed by atoms with Gasteiger partial charge in [0.2, 0.25) is 0 Å². The van der Waals surface area contributed by atoms with E-state index < -0.39 is 0 Å². The third-order valence-electron chi connectivity index (χ3n) is 5.84. The van der Waals surface area contributed by atoms with Gasteiger partial charge in [0.25, 0.3) is 0 Å². The van der Waals surface area contributed by atoms with Crippen LogP contribution in [0.4, 0.5) is 17.3 Å². The average molecular weight is 408 g/mol. The number of benzene rings is 3. The molecule has 0 amide bonds. The van der Waals surface area contributed by atoms with E-state index in [0.717, 1.165) is 36.5 Å². The smallest absolute Gasteiger partial charge is 0.157 e. The zero-order valence-corrected chi connectivity index (χ0v) is 17.3. The van der Waals surface area contributed by atoms with Crippen molar-refractivity contribution in [3.05, 3.63) is 114 Å². The number of nitrogens with zero attached hydrogens (tertiary/aromatic N) is 3. The summed E-state index contributed by atoms with van der Waals surface area (Å²) in [4.78, 5) is 11.3. The molecule has 5 heteroatoms. The van der Waals surface area contributed by atoms with Crippen LogP contribution in [-0.4, -0.2) is 16.5 Å². The van der Waals surface area contributed by atoms with Crippen LogP contribution in [0.1, 0.15) is 28.3 Å². The van der Waals surface area contributed by atoms with E-state index in [1.54, 1.807) is 6.33 Å². The van der Waals surface area contributed by atoms with Crippen LogP contribution < -0.4 is 16.0 Å². The first kappa shape index (κ1) is 19.1. The van der Waals surface area contributed by atoms with E-state index in [-0.39, 0.29) is 6.04 Å². The maximum absolute atomic E-state index is 6.61. The lowest BCUT2D eigenvalue weighted by Crippen LogP contribution is -2.32. The fraction of sp³-hybridized carbons (Fsp3) is 0.154. The summed E-state index contributed by atoms with van der Waals surface area (Å²) in [7, 11) is 0. The van der Waals surface area contributed by atoms with Gasteiger partial charge in [-0.15, -0.1) is 0 Å². The van der Waals surface area contributed by atoms with Gasteiger partial charge >= 0.3 is 0 Å². The zero-order chi connectivity index (χ0) is 21.0. The molecule has 0 radical (unpaired) electrons. The summed E-state index contributed by atoms with van der Waals surface area (Å²) in [5.41, 5.74) is 12.2. The molecule has 4 aromatic rings. The van der Waals surface area contributed by atoms with Gasteiger partial charge in [-0.3, -0.25) is 0 Å². The first-order valence-corrected chi connectivity index (χ1v) is 10.6. The van der Waals surface area contributed by atoms with Crippen LogP contribution in [-0.2, 0) is 13.0 Å². The van der Waals surface area contributed by atoms with Gasteiger partial charge in [0, 0.05) is 13.1 Å². The maximum Gasteiger partial charge on any atom is 0.157 e. The van der Waals surface area contributed by atoms with E-state index in [2.05, 4.69) is 68.7 Å². The van der Waals surface area contributed by atoms with Crippen molar-refractivity contribution in [2.45, 2.75) is 19.0 Å². The average Bonchev–Trinajstić information content (AvgIpc) is 2.84. The van der Waals surface area contributed by atoms with E-state index >= 15 is 0 Å². The summed E-state index contributed by atoms with van der Waals surface area (Å²) in [6.45, 7) is 1.69. The topological polar surface area (TPSA) is 67.1 Å². The molecule has 0 bridgehead atoms. The van der Waals surface area contributed by atoms with Crippen LogP contribution in [0, 0.1) is 0 Å². The number of nitrogens with two attached hydrogens (primary N) is 1. The maximum atomic E-state index is 6.61. The standard InChI is InChI=1S/C26H25N5/c27-23-25(30-24(20-10-3-1-4-11-20)21-12-5-2-6-13-21)28-18-29-26(23)31-16-15-19-9-7-8-14-22(19)17-31/h1-14,18,24H,15-17,27H2,(H,28,29,30). The summed E-state index contributed by atoms with van der Waals surface area (Å²) in [5, 5.41) is 3.58. The lowest BCUT2D eigenvalue weighted by Gasteiger charge is -2.31. The molecular formula is C26H25N5. The molecule has 0 fully saturated rings. The van der Waals surface area contributed by atoms with Crippen molar-refractivity contribution in [3.63, 3.8) is 0 Å². The molecule has 0 saturated carbocycles. The molecule has 5 nitrogen and oxygen atoms in total. The van der Waals surface area contributed by atoms with Gasteiger partial charge in [-0.1, -0.05) is 84.9 Å². The molecule has 1 aromatic heterocycles. The molecule has 31 heavy (non-hydrogen) atoms. The highest BCUT2D eigenvalue weighted by Crippen LogP contribution is 2.33. The zero-order valence-electron chi connectivity index (χ0n) is 17.3. The number of nitrogen functional groups attached to an aromatic ring is 1. The fourth-order valence-corrected chi connectivity index (χ4v) is 4.22. The number of fused-ring (bicyclic) bond motifs is 1. The summed E-state index contributed by atoms with van der Waals surface area (Å²) in [6, 6.07) is 29.2. The van der Waals surface area contributed by atoms with Gasteiger partial charge in [0.05, 0.1) is 6.04 Å². The van der Waals surface area contributed by atoms with Crippen molar-refractivity contribution in [3.8, 4) is 0 Å². The lowest BCUT2D eigenvalue weighted by molar-refractivity contribution is 0.720. The molecule has 0 aliphatic carbocycles. The molecule has 3 aromatic carbocycles. The number of aromatic nitrogens is 2. The number of hydrogen-bond donors (Lipinski definition) is 2. The van der Waals surface area contributed by atoms with Crippen molar-refractivity contribution < 1.29 is 0 Å². The first-order valence-electron chi connectivity index (χ1n) is 10.6. The summed E-state index contributed by atoms with van der Waals surface area (Å²) >= 11 is 0. The van der Waals surface area contributed by atoms with Gasteiger partial charge in [-0.2, -0.15) is 0 Å². The number of nitrogens with one attached hydrogen (secondary N) is 1. The predicted molar refractivity (Wildman–Crippen MR) is 126 cm³/mol. The van der Waals surface area contributed by atoms with E-state index in [1.165, 1.54) is 11.1 Å². The Bertz CT molecular complexity index is 1120. The van der Waals surface area contributed by atoms with E-state index in [0.29, 0.717) is 11.5 Å². The molecule has 1 aliphatic heterocycles. The van der Waals surface area contributed by atoms with Gasteiger partial charge in [0.15, 0.2) is 11.6 Å². The van der Waals surface area contributed by atoms with Gasteiger partial charge in [0.1, 0.15) is 12.0 Å². The predicted octanol–water partition coefficient (Wildman–Crippen LogP) is 4.82. The van der Waals surface area contributed by atoms with Crippen LogP contribution in [0.3, 0.4) is 0 Å². The Hall–Kier alpha value is -3.86. The van der Waals surface area contributed by atoms with Crippen molar-refractivity contribution in [1.29, 1.82) is 0 Å². The third kappa shape index (κ3) is 3.94. The Morgan fingerprint density at radius 1 is 0.774 bits per heavy atom. The Morgan fingerprint density at radius 3 is 2.06 bits per heavy atom. The van der Waals surface area contributed by atoms with Crippen LogP contribution in [0.25, 0.3) is 0 Å². The Balaban J connectivity index is 1.47. The minimum absolute atomic E-state index is 0.0606. The molecule has 0 saturated heterocycles. The normalized spacial score (nSPS) is 13.1. The van der Waals surface area contributed by atoms with E-state index in [9.17, 15) is 0 Å². The SMILES string of the molecule is Nc1c(NC(c2ccccc2)c2ccccc2)ncnc1N1CCc2ccccc2C1. The largest absolute Gasteiger partial charge is 0.393 e. The number of hydrogen-bond acceptors (Lipinski definition) is 5. The van der Waals surface area contributed by atoms with Crippen molar-refractivity contribution >= 4 is 17.3 Å². The van der Waals surface area contributed by atoms with Gasteiger partial charge in [-0.25, -0.2) is 9.97 Å². The van der Waals surface area contributed by atoms with Crippen LogP contribution in [0.5, 0.6) is 0 Å². The molecule has 2 heterocycles. The van der Waals surface area contributed by atoms with Crippen LogP contribution >= 0.6 is 0 Å². The number of anilines is 3. The highest BCUT2D eigenvalue weighted by Gasteiger charge is 2.22. The fourth-order valence-electron chi connectivity index (χ4n) is 4.22. The summed E-state index contributed by atoms with van der Waals surface area (Å²) < 4.78 is 0. The third-order valence-corrected chi connectivity index (χ3v) is 5.84. The van der Waals surface area contributed by atoms with Crippen molar-refractivity contribution in [2.75, 3.05) is 22.5 Å². The summed E-state index contributed by atoms with van der Waals surface area (Å²) in [5.74, 6) is 1.44. The lowest BCUT2D eigenvalue weighted by atomic mass is 9.98. The van der Waals surface area contributed by atoms with Gasteiger partial charge in [-0.05, 0) is 28.7 Å². The molecule has 0 atom stereocenters. The Morgan fingerprint density at radius 2 is 1.39 bits per heavy atom. The van der Waals surface area contributed by atoms with Crippen LogP contribution in [0.2, 0.25) is 0 Å². The van der Waals surface area contributed by atoms with E-state index in [4.69, 9.17) is 5.73 Å². The second kappa shape index (κ2) is 8.48. The Labute approximate surface area is 182 Å². The molecule has 1 aliphatic rings. The molecule has 0 spiro atoms. The minimum atomic E-state index is -0.0606.